The van der Waals surface area contributed by atoms with E-state index in [9.17, 15) is 9.90 Å². The molecule has 1 fully saturated rings. The minimum absolute atomic E-state index is 0.268. The lowest BCUT2D eigenvalue weighted by Crippen LogP contribution is -2.44. The molecule has 122 valence electrons. The summed E-state index contributed by atoms with van der Waals surface area (Å²) in [5.74, 6) is 0. The summed E-state index contributed by atoms with van der Waals surface area (Å²) in [7, 11) is 3.95. The summed E-state index contributed by atoms with van der Waals surface area (Å²) in [6.45, 7) is 0.314. The number of nitrogens with zero attached hydrogens (tertiary/aromatic N) is 1. The van der Waals surface area contributed by atoms with Crippen LogP contribution in [0.25, 0.3) is 0 Å². The molecule has 1 aromatic carbocycles. The Morgan fingerprint density at radius 1 is 1.14 bits per heavy atom. The molecule has 0 unspecified atom stereocenters. The highest BCUT2D eigenvalue weighted by Crippen LogP contribution is 2.26. The van der Waals surface area contributed by atoms with Crippen LogP contribution in [0.1, 0.15) is 38.5 Å². The van der Waals surface area contributed by atoms with Crippen molar-refractivity contribution in [1.29, 1.82) is 0 Å². The predicted octanol–water partition coefficient (Wildman–Crippen LogP) is 2.96. The van der Waals surface area contributed by atoms with E-state index in [2.05, 4.69) is 10.6 Å². The van der Waals surface area contributed by atoms with Gasteiger partial charge in [-0.2, -0.15) is 0 Å². The van der Waals surface area contributed by atoms with Crippen LogP contribution in [0, 0.1) is 0 Å². The van der Waals surface area contributed by atoms with Gasteiger partial charge in [-0.05, 0) is 37.1 Å². The van der Waals surface area contributed by atoms with Crippen LogP contribution < -0.4 is 15.5 Å². The first-order valence-corrected chi connectivity index (χ1v) is 8.03. The van der Waals surface area contributed by atoms with E-state index in [1.807, 2.05) is 43.3 Å². The Labute approximate surface area is 132 Å². The quantitative estimate of drug-likeness (QED) is 0.749. The fourth-order valence-electron chi connectivity index (χ4n) is 2.83. The molecular formula is C17H27N3O2. The monoisotopic (exact) mass is 305 g/mol. The standard InChI is InChI=1S/C17H27N3O2/c1-20(2)15-9-7-14(8-10-15)19-16(21)18-13-17(22)11-5-3-4-6-12-17/h7-10,22H,3-6,11-13H2,1-2H3,(H2,18,19,21). The molecule has 3 N–H and O–H groups in total. The first-order chi connectivity index (χ1) is 10.5. The molecule has 1 aliphatic rings. The number of carbonyl (C=O) groups is 1. The van der Waals surface area contributed by atoms with E-state index in [0.717, 1.165) is 37.1 Å². The fraction of sp³-hybridized carbons (Fsp3) is 0.588. The highest BCUT2D eigenvalue weighted by molar-refractivity contribution is 5.89. The largest absolute Gasteiger partial charge is 0.388 e. The van der Waals surface area contributed by atoms with Crippen LogP contribution in [-0.4, -0.2) is 37.4 Å². The fourth-order valence-corrected chi connectivity index (χ4v) is 2.83. The first kappa shape index (κ1) is 16.6. The maximum Gasteiger partial charge on any atom is 0.319 e. The summed E-state index contributed by atoms with van der Waals surface area (Å²) in [6, 6.07) is 7.38. The van der Waals surface area contributed by atoms with Crippen molar-refractivity contribution in [3.05, 3.63) is 24.3 Å². The molecule has 1 aromatic rings. The van der Waals surface area contributed by atoms with Crippen LogP contribution >= 0.6 is 0 Å². The Morgan fingerprint density at radius 2 is 1.73 bits per heavy atom. The number of nitrogens with one attached hydrogen (secondary N) is 2. The van der Waals surface area contributed by atoms with Gasteiger partial charge in [0.1, 0.15) is 0 Å². The van der Waals surface area contributed by atoms with Gasteiger partial charge in [-0.3, -0.25) is 0 Å². The second-order valence-electron chi connectivity index (χ2n) is 6.39. The summed E-state index contributed by atoms with van der Waals surface area (Å²) in [6.07, 6.45) is 5.95. The Hall–Kier alpha value is -1.75. The predicted molar refractivity (Wildman–Crippen MR) is 90.4 cm³/mol. The maximum absolute atomic E-state index is 12.0. The van der Waals surface area contributed by atoms with E-state index < -0.39 is 5.60 Å². The van der Waals surface area contributed by atoms with E-state index in [0.29, 0.717) is 6.54 Å². The van der Waals surface area contributed by atoms with Crippen LogP contribution in [0.3, 0.4) is 0 Å². The van der Waals surface area contributed by atoms with Gasteiger partial charge in [-0.25, -0.2) is 4.79 Å². The molecule has 5 nitrogen and oxygen atoms in total. The van der Waals surface area contributed by atoms with Crippen LogP contribution in [-0.2, 0) is 0 Å². The molecule has 0 spiro atoms. The van der Waals surface area contributed by atoms with Gasteiger partial charge in [-0.1, -0.05) is 25.7 Å². The van der Waals surface area contributed by atoms with Gasteiger partial charge in [0.25, 0.3) is 0 Å². The Bertz CT molecular complexity index is 477. The molecule has 0 aliphatic heterocycles. The number of urea groups is 1. The van der Waals surface area contributed by atoms with Crippen LogP contribution in [0.4, 0.5) is 16.2 Å². The zero-order chi connectivity index (χ0) is 16.0. The Morgan fingerprint density at radius 3 is 2.27 bits per heavy atom. The number of amides is 2. The molecule has 0 radical (unpaired) electrons. The molecule has 0 atom stereocenters. The Kier molecular flexibility index (Phi) is 5.66. The number of rotatable bonds is 4. The Balaban J connectivity index is 1.82. The smallest absolute Gasteiger partial charge is 0.319 e. The number of carbonyl (C=O) groups excluding carboxylic acids is 1. The summed E-state index contributed by atoms with van der Waals surface area (Å²) < 4.78 is 0. The third-order valence-corrected chi connectivity index (χ3v) is 4.25. The van der Waals surface area contributed by atoms with E-state index in [1.165, 1.54) is 12.8 Å². The second-order valence-corrected chi connectivity index (χ2v) is 6.39. The molecular weight excluding hydrogens is 278 g/mol. The second kappa shape index (κ2) is 7.49. The zero-order valence-electron chi connectivity index (χ0n) is 13.6. The average molecular weight is 305 g/mol. The van der Waals surface area contributed by atoms with Crippen molar-refractivity contribution in [2.75, 3.05) is 30.9 Å². The third kappa shape index (κ3) is 4.91. The van der Waals surface area contributed by atoms with Crippen LogP contribution in [0.15, 0.2) is 24.3 Å². The lowest BCUT2D eigenvalue weighted by molar-refractivity contribution is 0.0281. The molecule has 5 heteroatoms. The average Bonchev–Trinajstić information content (AvgIpc) is 2.71. The molecule has 2 rings (SSSR count). The topological polar surface area (TPSA) is 64.6 Å². The number of aliphatic hydroxyl groups is 1. The summed E-state index contributed by atoms with van der Waals surface area (Å²) in [5, 5.41) is 16.1. The first-order valence-electron chi connectivity index (χ1n) is 8.03. The van der Waals surface area contributed by atoms with Crippen molar-refractivity contribution in [2.45, 2.75) is 44.1 Å². The zero-order valence-corrected chi connectivity index (χ0v) is 13.6. The highest BCUT2D eigenvalue weighted by atomic mass is 16.3. The number of hydrogen-bond acceptors (Lipinski definition) is 3. The summed E-state index contributed by atoms with van der Waals surface area (Å²) in [4.78, 5) is 14.0. The van der Waals surface area contributed by atoms with Gasteiger partial charge in [-0.15, -0.1) is 0 Å². The van der Waals surface area contributed by atoms with Gasteiger partial charge in [0, 0.05) is 32.0 Å². The molecule has 2 amide bonds. The highest BCUT2D eigenvalue weighted by Gasteiger charge is 2.28. The summed E-state index contributed by atoms with van der Waals surface area (Å²) >= 11 is 0. The number of hydrogen-bond donors (Lipinski definition) is 3. The molecule has 0 bridgehead atoms. The summed E-state index contributed by atoms with van der Waals surface area (Å²) in [5.41, 5.74) is 1.08. The van der Waals surface area contributed by atoms with E-state index in [4.69, 9.17) is 0 Å². The van der Waals surface area contributed by atoms with Gasteiger partial charge in [0.15, 0.2) is 0 Å². The van der Waals surface area contributed by atoms with E-state index in [1.54, 1.807) is 0 Å². The number of anilines is 2. The third-order valence-electron chi connectivity index (χ3n) is 4.25. The maximum atomic E-state index is 12.0. The van der Waals surface area contributed by atoms with Crippen LogP contribution in [0.2, 0.25) is 0 Å². The molecule has 0 aromatic heterocycles. The van der Waals surface area contributed by atoms with Gasteiger partial charge in [0.05, 0.1) is 5.60 Å². The lowest BCUT2D eigenvalue weighted by Gasteiger charge is -2.26. The van der Waals surface area contributed by atoms with Crippen molar-refractivity contribution in [2.24, 2.45) is 0 Å². The molecule has 22 heavy (non-hydrogen) atoms. The normalized spacial score (nSPS) is 17.4. The van der Waals surface area contributed by atoms with Crippen molar-refractivity contribution in [3.8, 4) is 0 Å². The molecule has 0 heterocycles. The van der Waals surface area contributed by atoms with Crippen LogP contribution in [0.5, 0.6) is 0 Å². The van der Waals surface area contributed by atoms with Crippen molar-refractivity contribution in [3.63, 3.8) is 0 Å². The van der Waals surface area contributed by atoms with E-state index in [-0.39, 0.29) is 6.03 Å². The minimum atomic E-state index is -0.747. The van der Waals surface area contributed by atoms with Gasteiger partial charge in [0.2, 0.25) is 0 Å². The minimum Gasteiger partial charge on any atom is -0.388 e. The lowest BCUT2D eigenvalue weighted by atomic mass is 9.95. The number of benzene rings is 1. The van der Waals surface area contributed by atoms with Gasteiger partial charge < -0.3 is 20.6 Å². The van der Waals surface area contributed by atoms with Crippen molar-refractivity contribution >= 4 is 17.4 Å². The molecule has 1 saturated carbocycles. The van der Waals surface area contributed by atoms with Crippen molar-refractivity contribution < 1.29 is 9.90 Å². The van der Waals surface area contributed by atoms with E-state index >= 15 is 0 Å². The molecule has 1 aliphatic carbocycles. The van der Waals surface area contributed by atoms with Gasteiger partial charge >= 0.3 is 6.03 Å². The molecule has 0 saturated heterocycles. The van der Waals surface area contributed by atoms with Crippen molar-refractivity contribution in [1.82, 2.24) is 5.32 Å². The SMILES string of the molecule is CN(C)c1ccc(NC(=O)NCC2(O)CCCCCC2)cc1.